The highest BCUT2D eigenvalue weighted by molar-refractivity contribution is 5.87. The van der Waals surface area contributed by atoms with Crippen LogP contribution in [0.25, 0.3) is 0 Å². The molecule has 0 bridgehead atoms. The molecule has 1 saturated heterocycles. The number of carbonyl (C=O) groups excluding carboxylic acids is 1. The number of rotatable bonds is 6. The summed E-state index contributed by atoms with van der Waals surface area (Å²) in [5.41, 5.74) is 11.1. The van der Waals surface area contributed by atoms with Crippen molar-refractivity contribution in [3.8, 4) is 0 Å². The molecule has 0 saturated carbocycles. The largest absolute Gasteiger partial charge is 0.480 e. The van der Waals surface area contributed by atoms with Gasteiger partial charge in [0.15, 0.2) is 0 Å². The number of carboxylic acids is 1. The molecule has 17 heavy (non-hydrogen) atoms. The van der Waals surface area contributed by atoms with Crippen LogP contribution in [0.1, 0.15) is 32.1 Å². The summed E-state index contributed by atoms with van der Waals surface area (Å²) in [6.07, 6.45) is 3.46. The third kappa shape index (κ3) is 3.67. The van der Waals surface area contributed by atoms with Crippen LogP contribution in [0.4, 0.5) is 0 Å². The SMILES string of the molecule is NCCCC[C@H](N)C(=O)N1CCC[C@H]1C(=O)O. The highest BCUT2D eigenvalue weighted by atomic mass is 16.4. The van der Waals surface area contributed by atoms with E-state index in [9.17, 15) is 9.59 Å². The summed E-state index contributed by atoms with van der Waals surface area (Å²) < 4.78 is 0. The van der Waals surface area contributed by atoms with Gasteiger partial charge in [0.1, 0.15) is 6.04 Å². The molecule has 1 fully saturated rings. The van der Waals surface area contributed by atoms with E-state index in [1.54, 1.807) is 0 Å². The van der Waals surface area contributed by atoms with Gasteiger partial charge in [-0.2, -0.15) is 0 Å². The van der Waals surface area contributed by atoms with Crippen LogP contribution in [0.5, 0.6) is 0 Å². The molecule has 1 rings (SSSR count). The van der Waals surface area contributed by atoms with Gasteiger partial charge in [0.2, 0.25) is 5.91 Å². The van der Waals surface area contributed by atoms with Gasteiger partial charge in [-0.05, 0) is 32.2 Å². The summed E-state index contributed by atoms with van der Waals surface area (Å²) >= 11 is 0. The van der Waals surface area contributed by atoms with Gasteiger partial charge in [0.25, 0.3) is 0 Å². The summed E-state index contributed by atoms with van der Waals surface area (Å²) in [6.45, 7) is 1.09. The summed E-state index contributed by atoms with van der Waals surface area (Å²) in [7, 11) is 0. The zero-order valence-corrected chi connectivity index (χ0v) is 9.97. The molecule has 0 unspecified atom stereocenters. The number of nitrogens with two attached hydrogens (primary N) is 2. The van der Waals surface area contributed by atoms with Gasteiger partial charge in [0, 0.05) is 6.54 Å². The molecule has 0 aromatic rings. The predicted molar refractivity (Wildman–Crippen MR) is 63.3 cm³/mol. The smallest absolute Gasteiger partial charge is 0.326 e. The first-order valence-corrected chi connectivity index (χ1v) is 6.07. The number of carboxylic acid groups (broad SMARTS) is 1. The van der Waals surface area contributed by atoms with Crippen LogP contribution in [0.2, 0.25) is 0 Å². The average molecular weight is 243 g/mol. The van der Waals surface area contributed by atoms with E-state index in [0.29, 0.717) is 25.9 Å². The minimum Gasteiger partial charge on any atom is -0.480 e. The van der Waals surface area contributed by atoms with E-state index in [2.05, 4.69) is 0 Å². The minimum absolute atomic E-state index is 0.244. The van der Waals surface area contributed by atoms with Crippen LogP contribution in [0.15, 0.2) is 0 Å². The lowest BCUT2D eigenvalue weighted by atomic mass is 10.1. The van der Waals surface area contributed by atoms with E-state index in [-0.39, 0.29) is 5.91 Å². The molecule has 1 heterocycles. The topological polar surface area (TPSA) is 110 Å². The van der Waals surface area contributed by atoms with Gasteiger partial charge in [-0.1, -0.05) is 6.42 Å². The number of aliphatic carboxylic acids is 1. The zero-order valence-electron chi connectivity index (χ0n) is 9.97. The summed E-state index contributed by atoms with van der Waals surface area (Å²) in [6, 6.07) is -1.29. The Balaban J connectivity index is 2.47. The van der Waals surface area contributed by atoms with Crippen molar-refractivity contribution in [2.24, 2.45) is 11.5 Å². The fourth-order valence-electron chi connectivity index (χ4n) is 2.13. The molecule has 1 aliphatic rings. The zero-order chi connectivity index (χ0) is 12.8. The Bertz CT molecular complexity index is 283. The maximum absolute atomic E-state index is 12.0. The van der Waals surface area contributed by atoms with Crippen LogP contribution in [-0.2, 0) is 9.59 Å². The molecule has 0 aromatic heterocycles. The molecule has 0 aliphatic carbocycles. The van der Waals surface area contributed by atoms with Gasteiger partial charge in [-0.15, -0.1) is 0 Å². The average Bonchev–Trinajstić information content (AvgIpc) is 2.77. The van der Waals surface area contributed by atoms with Gasteiger partial charge < -0.3 is 21.5 Å². The second-order valence-electron chi connectivity index (χ2n) is 4.42. The molecule has 2 atom stereocenters. The van der Waals surface area contributed by atoms with Crippen LogP contribution < -0.4 is 11.5 Å². The molecule has 98 valence electrons. The number of hydrogen-bond acceptors (Lipinski definition) is 4. The van der Waals surface area contributed by atoms with Gasteiger partial charge in [-0.3, -0.25) is 4.79 Å². The first-order chi connectivity index (χ1) is 8.07. The second kappa shape index (κ2) is 6.56. The molecule has 0 spiro atoms. The fraction of sp³-hybridized carbons (Fsp3) is 0.818. The number of unbranched alkanes of at least 4 members (excludes halogenated alkanes) is 1. The number of carbonyl (C=O) groups is 2. The summed E-state index contributed by atoms with van der Waals surface area (Å²) in [4.78, 5) is 24.3. The van der Waals surface area contributed by atoms with Crippen molar-refractivity contribution in [1.29, 1.82) is 0 Å². The van der Waals surface area contributed by atoms with Crippen molar-refractivity contribution in [2.75, 3.05) is 13.1 Å². The molecule has 1 aliphatic heterocycles. The lowest BCUT2D eigenvalue weighted by Gasteiger charge is -2.24. The van der Waals surface area contributed by atoms with E-state index in [0.717, 1.165) is 19.3 Å². The van der Waals surface area contributed by atoms with Crippen molar-refractivity contribution in [1.82, 2.24) is 4.90 Å². The standard InChI is InChI=1S/C11H21N3O3/c12-6-2-1-4-8(13)10(15)14-7-3-5-9(14)11(16)17/h8-9H,1-7,12-13H2,(H,16,17)/t8-,9-/m0/s1. The van der Waals surface area contributed by atoms with Crippen LogP contribution >= 0.6 is 0 Å². The maximum atomic E-state index is 12.0. The fourth-order valence-corrected chi connectivity index (χ4v) is 2.13. The van der Waals surface area contributed by atoms with Gasteiger partial charge >= 0.3 is 5.97 Å². The van der Waals surface area contributed by atoms with Crippen LogP contribution in [-0.4, -0.2) is 47.1 Å². The first-order valence-electron chi connectivity index (χ1n) is 6.07. The van der Waals surface area contributed by atoms with E-state index >= 15 is 0 Å². The number of amides is 1. The third-order valence-corrected chi connectivity index (χ3v) is 3.11. The van der Waals surface area contributed by atoms with E-state index < -0.39 is 18.1 Å². The van der Waals surface area contributed by atoms with Crippen LogP contribution in [0.3, 0.4) is 0 Å². The maximum Gasteiger partial charge on any atom is 0.326 e. The van der Waals surface area contributed by atoms with Crippen LogP contribution in [0, 0.1) is 0 Å². The molecular weight excluding hydrogens is 222 g/mol. The van der Waals surface area contributed by atoms with Crippen molar-refractivity contribution in [3.05, 3.63) is 0 Å². The van der Waals surface area contributed by atoms with Crippen molar-refractivity contribution >= 4 is 11.9 Å². The number of hydrogen-bond donors (Lipinski definition) is 3. The third-order valence-electron chi connectivity index (χ3n) is 3.11. The highest BCUT2D eigenvalue weighted by Gasteiger charge is 2.35. The Kier molecular flexibility index (Phi) is 5.37. The highest BCUT2D eigenvalue weighted by Crippen LogP contribution is 2.19. The Hall–Kier alpha value is -1.14. The molecular formula is C11H21N3O3. The van der Waals surface area contributed by atoms with Gasteiger partial charge in [0.05, 0.1) is 6.04 Å². The second-order valence-corrected chi connectivity index (χ2v) is 4.42. The van der Waals surface area contributed by atoms with Crippen molar-refractivity contribution in [3.63, 3.8) is 0 Å². The van der Waals surface area contributed by atoms with Gasteiger partial charge in [-0.25, -0.2) is 4.79 Å². The molecule has 5 N–H and O–H groups in total. The molecule has 1 amide bonds. The number of likely N-dealkylation sites (tertiary alicyclic amines) is 1. The summed E-state index contributed by atoms with van der Waals surface area (Å²) in [5.74, 6) is -1.18. The predicted octanol–water partition coefficient (Wildman–Crippen LogP) is -0.482. The Morgan fingerprint density at radius 1 is 1.41 bits per heavy atom. The first kappa shape index (κ1) is 13.9. The Morgan fingerprint density at radius 3 is 2.71 bits per heavy atom. The molecule has 0 aromatic carbocycles. The Morgan fingerprint density at radius 2 is 2.12 bits per heavy atom. The van der Waals surface area contributed by atoms with Crippen molar-refractivity contribution < 1.29 is 14.7 Å². The van der Waals surface area contributed by atoms with E-state index in [1.807, 2.05) is 0 Å². The molecule has 6 nitrogen and oxygen atoms in total. The quantitative estimate of drug-likeness (QED) is 0.546. The molecule has 6 heteroatoms. The van der Waals surface area contributed by atoms with E-state index in [1.165, 1.54) is 4.90 Å². The van der Waals surface area contributed by atoms with E-state index in [4.69, 9.17) is 16.6 Å². The monoisotopic (exact) mass is 243 g/mol. The van der Waals surface area contributed by atoms with Crippen molar-refractivity contribution in [2.45, 2.75) is 44.2 Å². The lowest BCUT2D eigenvalue weighted by Crippen LogP contribution is -2.48. The minimum atomic E-state index is -0.940. The molecule has 0 radical (unpaired) electrons. The number of nitrogens with zero attached hydrogens (tertiary/aromatic N) is 1. The normalized spacial score (nSPS) is 21.5. The summed E-state index contributed by atoms with van der Waals surface area (Å²) in [5, 5.41) is 8.98. The lowest BCUT2D eigenvalue weighted by molar-refractivity contribution is -0.148. The Labute approximate surface area is 101 Å².